The molecule has 0 spiro atoms. The van der Waals surface area contributed by atoms with Crippen LogP contribution in [0.3, 0.4) is 0 Å². The average Bonchev–Trinajstić information content (AvgIpc) is 2.70. The Morgan fingerprint density at radius 1 is 0.889 bits per heavy atom. The summed E-state index contributed by atoms with van der Waals surface area (Å²) in [6, 6.07) is 26.9. The maximum atomic E-state index is 12.6. The van der Waals surface area contributed by atoms with E-state index in [9.17, 15) is 4.79 Å². The van der Waals surface area contributed by atoms with Gasteiger partial charge in [-0.1, -0.05) is 85.3 Å². The topological polar surface area (TPSA) is 45.7 Å². The molecule has 27 heavy (non-hydrogen) atoms. The summed E-state index contributed by atoms with van der Waals surface area (Å²) in [7, 11) is 0. The molecule has 3 aromatic rings. The molecule has 0 aromatic heterocycles. The van der Waals surface area contributed by atoms with E-state index in [-0.39, 0.29) is 11.9 Å². The van der Waals surface area contributed by atoms with Crippen LogP contribution in [0.15, 0.2) is 78.9 Å². The fraction of sp³-hybridized carbons (Fsp3) is 0.208. The highest BCUT2D eigenvalue weighted by Gasteiger charge is 2.19. The first kappa shape index (κ1) is 18.9. The van der Waals surface area contributed by atoms with E-state index in [4.69, 9.17) is 0 Å². The van der Waals surface area contributed by atoms with Crippen LogP contribution in [0, 0.1) is 6.92 Å². The van der Waals surface area contributed by atoms with E-state index in [0.29, 0.717) is 6.54 Å². The van der Waals surface area contributed by atoms with Crippen LogP contribution in [0.2, 0.25) is 0 Å². The fourth-order valence-electron chi connectivity index (χ4n) is 3.28. The van der Waals surface area contributed by atoms with Crippen LogP contribution in [0.5, 0.6) is 0 Å². The zero-order valence-corrected chi connectivity index (χ0v) is 16.0. The molecule has 0 fully saturated rings. The Balaban J connectivity index is 1.73. The van der Waals surface area contributed by atoms with Crippen molar-refractivity contribution in [2.24, 2.45) is 0 Å². The van der Waals surface area contributed by atoms with Gasteiger partial charge in [-0.05, 0) is 25.0 Å². The quantitative estimate of drug-likeness (QED) is 0.661. The molecule has 138 valence electrons. The minimum Gasteiger partial charge on any atom is -0.328 e. The molecule has 3 heteroatoms. The molecular weight excluding hydrogens is 332 g/mol. The normalized spacial score (nSPS) is 11.8. The molecular formula is C24H27N2O+. The number of rotatable bonds is 7. The largest absolute Gasteiger partial charge is 0.328 e. The van der Waals surface area contributed by atoms with Gasteiger partial charge in [0.15, 0.2) is 6.54 Å². The van der Waals surface area contributed by atoms with Gasteiger partial charge in [-0.3, -0.25) is 4.79 Å². The number of para-hydroxylation sites is 1. The van der Waals surface area contributed by atoms with E-state index in [1.54, 1.807) is 0 Å². The van der Waals surface area contributed by atoms with E-state index in [1.165, 1.54) is 16.7 Å². The lowest BCUT2D eigenvalue weighted by Gasteiger charge is -2.17. The number of nitrogens with one attached hydrogen (secondary N) is 1. The van der Waals surface area contributed by atoms with Crippen molar-refractivity contribution in [3.8, 4) is 0 Å². The Kier molecular flexibility index (Phi) is 6.39. The number of anilines is 1. The third-order valence-electron chi connectivity index (χ3n) is 4.81. The molecule has 0 unspecified atom stereocenters. The Morgan fingerprint density at radius 3 is 2.22 bits per heavy atom. The predicted octanol–water partition coefficient (Wildman–Crippen LogP) is 3.85. The van der Waals surface area contributed by atoms with Gasteiger partial charge in [-0.2, -0.15) is 0 Å². The van der Waals surface area contributed by atoms with Gasteiger partial charge in [-0.25, -0.2) is 0 Å². The van der Waals surface area contributed by atoms with E-state index < -0.39 is 0 Å². The number of nitrogens with two attached hydrogens (primary N) is 1. The lowest BCUT2D eigenvalue weighted by Crippen LogP contribution is -2.87. The lowest BCUT2D eigenvalue weighted by atomic mass is 9.98. The van der Waals surface area contributed by atoms with Gasteiger partial charge in [-0.15, -0.1) is 0 Å². The lowest BCUT2D eigenvalue weighted by molar-refractivity contribution is -0.676. The molecule has 3 rings (SSSR count). The minimum atomic E-state index is 0.0175. The van der Waals surface area contributed by atoms with Crippen molar-refractivity contribution in [2.75, 3.05) is 11.9 Å². The van der Waals surface area contributed by atoms with Gasteiger partial charge in [0.05, 0.1) is 0 Å². The van der Waals surface area contributed by atoms with Crippen LogP contribution in [0.1, 0.15) is 35.2 Å². The minimum absolute atomic E-state index is 0.0175. The summed E-state index contributed by atoms with van der Waals surface area (Å²) in [4.78, 5) is 12.6. The summed E-state index contributed by atoms with van der Waals surface area (Å²) >= 11 is 0. The van der Waals surface area contributed by atoms with Gasteiger partial charge in [0.2, 0.25) is 0 Å². The average molecular weight is 359 g/mol. The van der Waals surface area contributed by atoms with Crippen LogP contribution in [-0.4, -0.2) is 12.5 Å². The van der Waals surface area contributed by atoms with Crippen molar-refractivity contribution in [2.45, 2.75) is 26.3 Å². The SMILES string of the molecule is CCc1ccccc1NC(=O)C[NH2+][C@@H](c1ccccc1)c1ccc(C)cc1. The number of carbonyl (C=O) groups is 1. The van der Waals surface area contributed by atoms with Crippen LogP contribution >= 0.6 is 0 Å². The molecule has 0 heterocycles. The molecule has 0 saturated carbocycles. The molecule has 1 atom stereocenters. The highest BCUT2D eigenvalue weighted by molar-refractivity contribution is 5.92. The fourth-order valence-corrected chi connectivity index (χ4v) is 3.28. The van der Waals surface area contributed by atoms with Crippen molar-refractivity contribution in [3.63, 3.8) is 0 Å². The van der Waals surface area contributed by atoms with Crippen molar-refractivity contribution >= 4 is 11.6 Å². The summed E-state index contributed by atoms with van der Waals surface area (Å²) in [5.74, 6) is 0.0175. The molecule has 0 aliphatic rings. The van der Waals surface area contributed by atoms with Gasteiger partial charge in [0.25, 0.3) is 5.91 Å². The van der Waals surface area contributed by atoms with E-state index in [1.807, 2.05) is 36.4 Å². The van der Waals surface area contributed by atoms with Gasteiger partial charge < -0.3 is 10.6 Å². The maximum Gasteiger partial charge on any atom is 0.279 e. The molecule has 1 amide bonds. The first-order valence-corrected chi connectivity index (χ1v) is 9.50. The smallest absolute Gasteiger partial charge is 0.279 e. The van der Waals surface area contributed by atoms with E-state index in [2.05, 4.69) is 66.9 Å². The zero-order valence-electron chi connectivity index (χ0n) is 16.0. The van der Waals surface area contributed by atoms with E-state index >= 15 is 0 Å². The molecule has 0 aliphatic heterocycles. The van der Waals surface area contributed by atoms with Crippen molar-refractivity contribution in [1.82, 2.24) is 0 Å². The summed E-state index contributed by atoms with van der Waals surface area (Å²) in [5.41, 5.74) is 5.70. The third-order valence-corrected chi connectivity index (χ3v) is 4.81. The Hall–Kier alpha value is -2.91. The van der Waals surface area contributed by atoms with Crippen molar-refractivity contribution in [3.05, 3.63) is 101 Å². The van der Waals surface area contributed by atoms with Crippen molar-refractivity contribution < 1.29 is 10.1 Å². The van der Waals surface area contributed by atoms with Crippen LogP contribution in [-0.2, 0) is 11.2 Å². The molecule has 3 aromatic carbocycles. The Labute approximate surface area is 161 Å². The van der Waals surface area contributed by atoms with Crippen LogP contribution < -0.4 is 10.6 Å². The standard InChI is InChI=1S/C24H26N2O/c1-3-19-9-7-8-12-22(19)26-23(27)17-25-24(20-10-5-4-6-11-20)21-15-13-18(2)14-16-21/h4-16,24-25H,3,17H2,1-2H3,(H,26,27)/p+1/t24-/m0/s1. The van der Waals surface area contributed by atoms with Gasteiger partial charge in [0, 0.05) is 16.8 Å². The number of hydrogen-bond donors (Lipinski definition) is 2. The second-order valence-electron chi connectivity index (χ2n) is 6.80. The van der Waals surface area contributed by atoms with Gasteiger partial charge >= 0.3 is 0 Å². The summed E-state index contributed by atoms with van der Waals surface area (Å²) in [6.07, 6.45) is 0.899. The number of amides is 1. The molecule has 3 N–H and O–H groups in total. The summed E-state index contributed by atoms with van der Waals surface area (Å²) in [5, 5.41) is 5.16. The Morgan fingerprint density at radius 2 is 1.52 bits per heavy atom. The highest BCUT2D eigenvalue weighted by Crippen LogP contribution is 2.19. The van der Waals surface area contributed by atoms with Crippen LogP contribution in [0.4, 0.5) is 5.69 Å². The van der Waals surface area contributed by atoms with Gasteiger partial charge in [0.1, 0.15) is 6.04 Å². The monoisotopic (exact) mass is 359 g/mol. The second kappa shape index (κ2) is 9.15. The zero-order chi connectivity index (χ0) is 19.1. The van der Waals surface area contributed by atoms with Crippen molar-refractivity contribution in [1.29, 1.82) is 0 Å². The molecule has 3 nitrogen and oxygen atoms in total. The highest BCUT2D eigenvalue weighted by atomic mass is 16.1. The Bertz CT molecular complexity index is 872. The number of hydrogen-bond acceptors (Lipinski definition) is 1. The number of carbonyl (C=O) groups excluding carboxylic acids is 1. The summed E-state index contributed by atoms with van der Waals surface area (Å²) in [6.45, 7) is 4.55. The molecule has 0 aliphatic carbocycles. The second-order valence-corrected chi connectivity index (χ2v) is 6.80. The molecule has 0 radical (unpaired) electrons. The number of aryl methyl sites for hydroxylation is 2. The first-order valence-electron chi connectivity index (χ1n) is 9.50. The maximum absolute atomic E-state index is 12.6. The van der Waals surface area contributed by atoms with E-state index in [0.717, 1.165) is 17.7 Å². The van der Waals surface area contributed by atoms with Crippen LogP contribution in [0.25, 0.3) is 0 Å². The molecule has 0 bridgehead atoms. The predicted molar refractivity (Wildman–Crippen MR) is 111 cm³/mol. The summed E-state index contributed by atoms with van der Waals surface area (Å²) < 4.78 is 0. The first-order chi connectivity index (χ1) is 13.2. The number of quaternary nitrogens is 1. The number of benzene rings is 3. The third kappa shape index (κ3) is 5.05. The molecule has 0 saturated heterocycles.